The molecule has 1 spiro atoms. The fraction of sp³-hybridized carbons (Fsp3) is 0.538. The standard InChI is InChI=1S/C13H14FNO3S/c14-9-3-1-8(2-4-9)10-6-13-7-15-19(16,17)12(13)5-11(10)18-13/h1-4,10-12,15H,5-7H2/t10-,11-,12+,13-/m1/s1. The van der Waals surface area contributed by atoms with Gasteiger partial charge >= 0.3 is 0 Å². The van der Waals surface area contributed by atoms with Crippen LogP contribution in [0.25, 0.3) is 0 Å². The van der Waals surface area contributed by atoms with Crippen LogP contribution in [0.5, 0.6) is 0 Å². The van der Waals surface area contributed by atoms with Gasteiger partial charge in [-0.3, -0.25) is 0 Å². The van der Waals surface area contributed by atoms with Crippen molar-refractivity contribution in [3.05, 3.63) is 35.6 Å². The van der Waals surface area contributed by atoms with E-state index < -0.39 is 20.9 Å². The molecule has 4 nitrogen and oxygen atoms in total. The van der Waals surface area contributed by atoms with E-state index in [4.69, 9.17) is 4.74 Å². The predicted octanol–water partition coefficient (Wildman–Crippen LogP) is 1.14. The van der Waals surface area contributed by atoms with Crippen molar-refractivity contribution in [1.82, 2.24) is 4.72 Å². The lowest BCUT2D eigenvalue weighted by atomic mass is 9.78. The Kier molecular flexibility index (Phi) is 2.21. The number of hydrogen-bond acceptors (Lipinski definition) is 3. The van der Waals surface area contributed by atoms with Gasteiger partial charge in [-0.25, -0.2) is 17.5 Å². The third kappa shape index (κ3) is 1.53. The average molecular weight is 283 g/mol. The molecule has 0 unspecified atom stereocenters. The van der Waals surface area contributed by atoms with Gasteiger partial charge in [0.05, 0.1) is 6.10 Å². The number of fused-ring (bicyclic) bond motifs is 1. The Bertz CT molecular complexity index is 630. The average Bonchev–Trinajstić information content (AvgIpc) is 3.00. The van der Waals surface area contributed by atoms with Crippen molar-refractivity contribution in [2.24, 2.45) is 0 Å². The topological polar surface area (TPSA) is 55.4 Å². The molecule has 19 heavy (non-hydrogen) atoms. The molecule has 0 amide bonds. The van der Waals surface area contributed by atoms with Crippen LogP contribution >= 0.6 is 0 Å². The van der Waals surface area contributed by atoms with Crippen molar-refractivity contribution in [1.29, 1.82) is 0 Å². The Morgan fingerprint density at radius 2 is 2.05 bits per heavy atom. The molecule has 3 heterocycles. The highest BCUT2D eigenvalue weighted by molar-refractivity contribution is 7.90. The van der Waals surface area contributed by atoms with Crippen molar-refractivity contribution in [2.75, 3.05) is 6.54 Å². The van der Waals surface area contributed by atoms with Crippen LogP contribution in [0.4, 0.5) is 4.39 Å². The summed E-state index contributed by atoms with van der Waals surface area (Å²) in [6, 6.07) is 6.43. The van der Waals surface area contributed by atoms with Gasteiger partial charge in [-0.15, -0.1) is 0 Å². The van der Waals surface area contributed by atoms with Crippen molar-refractivity contribution in [3.8, 4) is 0 Å². The van der Waals surface area contributed by atoms with E-state index >= 15 is 0 Å². The number of ether oxygens (including phenoxy) is 1. The van der Waals surface area contributed by atoms with Crippen molar-refractivity contribution >= 4 is 10.0 Å². The zero-order valence-electron chi connectivity index (χ0n) is 10.2. The monoisotopic (exact) mass is 283 g/mol. The number of halogens is 1. The van der Waals surface area contributed by atoms with Crippen molar-refractivity contribution in [3.63, 3.8) is 0 Å². The van der Waals surface area contributed by atoms with E-state index in [-0.39, 0.29) is 17.8 Å². The molecule has 6 heteroatoms. The molecule has 0 aliphatic carbocycles. The van der Waals surface area contributed by atoms with Gasteiger partial charge in [-0.1, -0.05) is 12.1 Å². The highest BCUT2D eigenvalue weighted by Crippen LogP contribution is 2.55. The molecule has 1 N–H and O–H groups in total. The molecular formula is C13H14FNO3S. The first kappa shape index (κ1) is 11.8. The highest BCUT2D eigenvalue weighted by Gasteiger charge is 2.65. The minimum Gasteiger partial charge on any atom is -0.368 e. The lowest BCUT2D eigenvalue weighted by Crippen LogP contribution is -2.39. The second kappa shape index (κ2) is 3.56. The fourth-order valence-corrected chi connectivity index (χ4v) is 5.67. The van der Waals surface area contributed by atoms with Crippen molar-refractivity contribution in [2.45, 2.75) is 35.7 Å². The van der Waals surface area contributed by atoms with Crippen LogP contribution in [0, 0.1) is 5.82 Å². The maximum atomic E-state index is 13.0. The van der Waals surface area contributed by atoms with Crippen LogP contribution < -0.4 is 4.72 Å². The molecular weight excluding hydrogens is 269 g/mol. The third-order valence-corrected chi connectivity index (χ3v) is 6.60. The molecule has 4 rings (SSSR count). The second-order valence-corrected chi connectivity index (χ2v) is 7.62. The first-order valence-electron chi connectivity index (χ1n) is 6.42. The van der Waals surface area contributed by atoms with Gasteiger partial charge in [-0.2, -0.15) is 0 Å². The van der Waals surface area contributed by atoms with Crippen molar-refractivity contribution < 1.29 is 17.5 Å². The van der Waals surface area contributed by atoms with Crippen LogP contribution in [0.1, 0.15) is 24.3 Å². The third-order valence-electron chi connectivity index (χ3n) is 4.68. The van der Waals surface area contributed by atoms with Gasteiger partial charge in [-0.05, 0) is 30.5 Å². The predicted molar refractivity (Wildman–Crippen MR) is 66.7 cm³/mol. The van der Waals surface area contributed by atoms with Gasteiger partial charge in [0.15, 0.2) is 0 Å². The number of benzene rings is 1. The number of nitrogens with one attached hydrogen (secondary N) is 1. The van der Waals surface area contributed by atoms with E-state index in [1.54, 1.807) is 12.1 Å². The maximum absolute atomic E-state index is 13.0. The van der Waals surface area contributed by atoms with E-state index in [9.17, 15) is 12.8 Å². The zero-order valence-corrected chi connectivity index (χ0v) is 11.0. The SMILES string of the molecule is O=S1(=O)NC[C@]23C[C@H](c4ccc(F)cc4)[C@@H](C[C@@H]21)O3. The van der Waals surface area contributed by atoms with Crippen LogP contribution in [0.2, 0.25) is 0 Å². The number of rotatable bonds is 1. The Morgan fingerprint density at radius 1 is 1.32 bits per heavy atom. The van der Waals surface area contributed by atoms with E-state index in [0.29, 0.717) is 19.4 Å². The van der Waals surface area contributed by atoms with Gasteiger partial charge in [0.2, 0.25) is 10.0 Å². The molecule has 3 fully saturated rings. The normalized spacial score (nSPS) is 42.5. The molecule has 3 saturated heterocycles. The largest absolute Gasteiger partial charge is 0.368 e. The van der Waals surface area contributed by atoms with E-state index in [1.807, 2.05) is 0 Å². The molecule has 3 aliphatic rings. The summed E-state index contributed by atoms with van der Waals surface area (Å²) in [5, 5.41) is -0.415. The maximum Gasteiger partial charge on any atom is 0.217 e. The number of sulfonamides is 1. The molecule has 4 atom stereocenters. The smallest absolute Gasteiger partial charge is 0.217 e. The van der Waals surface area contributed by atoms with E-state index in [1.165, 1.54) is 12.1 Å². The summed E-state index contributed by atoms with van der Waals surface area (Å²) in [6.45, 7) is 0.369. The van der Waals surface area contributed by atoms with E-state index in [0.717, 1.165) is 5.56 Å². The summed E-state index contributed by atoms with van der Waals surface area (Å²) in [4.78, 5) is 0. The highest BCUT2D eigenvalue weighted by atomic mass is 32.2. The fourth-order valence-electron chi connectivity index (χ4n) is 3.78. The first-order chi connectivity index (χ1) is 9.00. The van der Waals surface area contributed by atoms with Crippen LogP contribution in [0.15, 0.2) is 24.3 Å². The second-order valence-electron chi connectivity index (χ2n) is 5.67. The summed E-state index contributed by atoms with van der Waals surface area (Å²) >= 11 is 0. The summed E-state index contributed by atoms with van der Waals surface area (Å²) < 4.78 is 45.3. The minimum atomic E-state index is -3.21. The van der Waals surface area contributed by atoms with Gasteiger partial charge < -0.3 is 4.74 Å². The lowest BCUT2D eigenvalue weighted by Gasteiger charge is -2.26. The molecule has 0 aromatic heterocycles. The summed E-state index contributed by atoms with van der Waals surface area (Å²) in [7, 11) is -3.21. The molecule has 102 valence electrons. The quantitative estimate of drug-likeness (QED) is 0.841. The number of hydrogen-bond donors (Lipinski definition) is 1. The first-order valence-corrected chi connectivity index (χ1v) is 7.97. The molecule has 0 saturated carbocycles. The Morgan fingerprint density at radius 3 is 2.79 bits per heavy atom. The molecule has 2 bridgehead atoms. The van der Waals surface area contributed by atoms with Gasteiger partial charge in [0, 0.05) is 12.5 Å². The van der Waals surface area contributed by atoms with Gasteiger partial charge in [0.25, 0.3) is 0 Å². The van der Waals surface area contributed by atoms with Crippen LogP contribution in [-0.4, -0.2) is 31.9 Å². The van der Waals surface area contributed by atoms with Gasteiger partial charge in [0.1, 0.15) is 16.7 Å². The molecule has 3 aliphatic heterocycles. The lowest BCUT2D eigenvalue weighted by molar-refractivity contribution is 0.0233. The Balaban J connectivity index is 1.67. The summed E-state index contributed by atoms with van der Waals surface area (Å²) in [5.74, 6) is -0.0825. The minimum absolute atomic E-state index is 0.0627. The summed E-state index contributed by atoms with van der Waals surface area (Å²) in [5.41, 5.74) is 0.466. The Labute approximate surface area is 111 Å². The molecule has 1 aromatic rings. The molecule has 0 radical (unpaired) electrons. The summed E-state index contributed by atoms with van der Waals surface area (Å²) in [6.07, 6.45) is 1.17. The van der Waals surface area contributed by atoms with Crippen LogP contribution in [-0.2, 0) is 14.8 Å². The van der Waals surface area contributed by atoms with Crippen LogP contribution in [0.3, 0.4) is 0 Å². The Hall–Kier alpha value is -0.980. The van der Waals surface area contributed by atoms with E-state index in [2.05, 4.69) is 4.72 Å². The molecule has 1 aromatic carbocycles. The zero-order chi connectivity index (χ0) is 13.3.